The Morgan fingerprint density at radius 2 is 1.65 bits per heavy atom. The lowest BCUT2D eigenvalue weighted by Gasteiger charge is -2.28. The molecule has 0 unspecified atom stereocenters. The lowest BCUT2D eigenvalue weighted by atomic mass is 10.2. The minimum absolute atomic E-state index is 0.162. The van der Waals surface area contributed by atoms with Crippen LogP contribution < -0.4 is 16.0 Å². The number of carbonyl (C=O) groups is 1. The van der Waals surface area contributed by atoms with Crippen molar-refractivity contribution in [2.24, 2.45) is 0 Å². The third kappa shape index (κ3) is 6.34. The number of amides is 1. The lowest BCUT2D eigenvalue weighted by molar-refractivity contribution is 0.0934. The van der Waals surface area contributed by atoms with Crippen molar-refractivity contribution in [1.29, 1.82) is 0 Å². The zero-order valence-electron chi connectivity index (χ0n) is 12.9. The third-order valence-electron chi connectivity index (χ3n) is 3.09. The average molecular weight is 472 g/mol. The smallest absolute Gasteiger partial charge is 0.254 e. The standard InChI is InChI=1S/C16H12Cl5N3OS/c17-9-6-7-11(12(18)8-9)13(25)23-14(16(19,20)21)24-15(26)22-10-4-2-1-3-5-10/h1-8,14H,(H,23,25)(H2,22,24,26)/t14-/m0/s1. The summed E-state index contributed by atoms with van der Waals surface area (Å²) in [5, 5.41) is 8.97. The maximum Gasteiger partial charge on any atom is 0.254 e. The van der Waals surface area contributed by atoms with Crippen molar-refractivity contribution in [3.63, 3.8) is 0 Å². The van der Waals surface area contributed by atoms with Crippen LogP contribution in [0.25, 0.3) is 0 Å². The lowest BCUT2D eigenvalue weighted by Crippen LogP contribution is -2.56. The summed E-state index contributed by atoms with van der Waals surface area (Å²) in [6.07, 6.45) is -1.12. The summed E-state index contributed by atoms with van der Waals surface area (Å²) in [7, 11) is 0. The van der Waals surface area contributed by atoms with Gasteiger partial charge in [0.25, 0.3) is 5.91 Å². The molecule has 0 aliphatic heterocycles. The number of rotatable bonds is 4. The minimum Gasteiger partial charge on any atom is -0.339 e. The Labute approximate surface area is 181 Å². The molecule has 2 aromatic carbocycles. The van der Waals surface area contributed by atoms with E-state index in [0.717, 1.165) is 5.69 Å². The van der Waals surface area contributed by atoms with Crippen LogP contribution in [0, 0.1) is 0 Å². The molecule has 10 heteroatoms. The summed E-state index contributed by atoms with van der Waals surface area (Å²) in [4.78, 5) is 12.5. The van der Waals surface area contributed by atoms with Gasteiger partial charge in [0.05, 0.1) is 10.6 Å². The molecule has 0 heterocycles. The van der Waals surface area contributed by atoms with E-state index in [0.29, 0.717) is 5.02 Å². The number of benzene rings is 2. The highest BCUT2D eigenvalue weighted by Gasteiger charge is 2.35. The van der Waals surface area contributed by atoms with E-state index < -0.39 is 15.9 Å². The van der Waals surface area contributed by atoms with Gasteiger partial charge in [0.15, 0.2) is 5.11 Å². The molecule has 4 nitrogen and oxygen atoms in total. The first kappa shape index (κ1) is 21.4. The maximum atomic E-state index is 12.5. The van der Waals surface area contributed by atoms with Crippen molar-refractivity contribution in [2.75, 3.05) is 5.32 Å². The van der Waals surface area contributed by atoms with Crippen LogP contribution in [0.15, 0.2) is 48.5 Å². The summed E-state index contributed by atoms with van der Waals surface area (Å²) in [5.74, 6) is -0.557. The molecule has 0 fully saturated rings. The summed E-state index contributed by atoms with van der Waals surface area (Å²) in [5.41, 5.74) is 0.916. The van der Waals surface area contributed by atoms with E-state index in [2.05, 4.69) is 16.0 Å². The molecular weight excluding hydrogens is 460 g/mol. The molecule has 26 heavy (non-hydrogen) atoms. The van der Waals surface area contributed by atoms with Crippen LogP contribution >= 0.6 is 70.2 Å². The van der Waals surface area contributed by atoms with Gasteiger partial charge < -0.3 is 16.0 Å². The zero-order chi connectivity index (χ0) is 19.3. The molecule has 0 saturated carbocycles. The minimum atomic E-state index is -1.88. The molecule has 0 aliphatic carbocycles. The van der Waals surface area contributed by atoms with Crippen LogP contribution in [0.1, 0.15) is 10.4 Å². The Morgan fingerprint density at radius 3 is 2.23 bits per heavy atom. The van der Waals surface area contributed by atoms with Crippen LogP contribution in [0.4, 0.5) is 5.69 Å². The van der Waals surface area contributed by atoms with Crippen LogP contribution in [-0.4, -0.2) is 21.0 Å². The van der Waals surface area contributed by atoms with Gasteiger partial charge in [-0.1, -0.05) is 76.2 Å². The van der Waals surface area contributed by atoms with Crippen LogP contribution in [0.5, 0.6) is 0 Å². The highest BCUT2D eigenvalue weighted by Crippen LogP contribution is 2.30. The van der Waals surface area contributed by atoms with E-state index in [9.17, 15) is 4.79 Å². The fraction of sp³-hybridized carbons (Fsp3) is 0.125. The molecule has 2 aromatic rings. The molecule has 0 spiro atoms. The maximum absolute atomic E-state index is 12.5. The molecule has 1 atom stereocenters. The van der Waals surface area contributed by atoms with Crippen LogP contribution in [-0.2, 0) is 0 Å². The summed E-state index contributed by atoms with van der Waals surface area (Å²) >= 11 is 34.9. The number of anilines is 1. The van der Waals surface area contributed by atoms with Crippen molar-refractivity contribution < 1.29 is 4.79 Å². The first-order valence-corrected chi connectivity index (χ1v) is 9.42. The highest BCUT2D eigenvalue weighted by molar-refractivity contribution is 7.80. The zero-order valence-corrected chi connectivity index (χ0v) is 17.5. The second-order valence-electron chi connectivity index (χ2n) is 5.04. The number of nitrogens with one attached hydrogen (secondary N) is 3. The normalized spacial score (nSPS) is 12.2. The largest absolute Gasteiger partial charge is 0.339 e. The van der Waals surface area contributed by atoms with Gasteiger partial charge >= 0.3 is 0 Å². The Bertz CT molecular complexity index is 798. The molecule has 0 aromatic heterocycles. The van der Waals surface area contributed by atoms with Gasteiger partial charge in [-0.2, -0.15) is 0 Å². The van der Waals surface area contributed by atoms with Crippen molar-refractivity contribution in [2.45, 2.75) is 9.96 Å². The van der Waals surface area contributed by atoms with Crippen molar-refractivity contribution >= 4 is 86.9 Å². The van der Waals surface area contributed by atoms with E-state index in [1.165, 1.54) is 18.2 Å². The number of hydrogen-bond acceptors (Lipinski definition) is 2. The van der Waals surface area contributed by atoms with Crippen LogP contribution in [0.3, 0.4) is 0 Å². The second kappa shape index (κ2) is 9.31. The second-order valence-corrected chi connectivity index (χ2v) is 8.66. The molecule has 0 radical (unpaired) electrons. The average Bonchev–Trinajstić information content (AvgIpc) is 2.54. The Balaban J connectivity index is 2.10. The predicted octanol–water partition coefficient (Wildman–Crippen LogP) is 5.41. The fourth-order valence-corrected chi connectivity index (χ4v) is 2.96. The molecule has 1 amide bonds. The monoisotopic (exact) mass is 469 g/mol. The molecule has 0 aliphatic rings. The first-order chi connectivity index (χ1) is 12.2. The van der Waals surface area contributed by atoms with Crippen LogP contribution in [0.2, 0.25) is 10.0 Å². The van der Waals surface area contributed by atoms with Crippen molar-refractivity contribution in [3.8, 4) is 0 Å². The number of para-hydroxylation sites is 1. The summed E-state index contributed by atoms with van der Waals surface area (Å²) in [6, 6.07) is 13.6. The molecule has 0 saturated heterocycles. The van der Waals surface area contributed by atoms with E-state index >= 15 is 0 Å². The molecule has 3 N–H and O–H groups in total. The molecule has 0 bridgehead atoms. The Hall–Kier alpha value is -0.950. The van der Waals surface area contributed by atoms with E-state index in [4.69, 9.17) is 70.2 Å². The molecule has 138 valence electrons. The predicted molar refractivity (Wildman–Crippen MR) is 114 cm³/mol. The summed E-state index contributed by atoms with van der Waals surface area (Å²) in [6.45, 7) is 0. The van der Waals surface area contributed by atoms with Gasteiger partial charge in [0.2, 0.25) is 3.79 Å². The van der Waals surface area contributed by atoms with E-state index in [-0.39, 0.29) is 15.7 Å². The van der Waals surface area contributed by atoms with Gasteiger partial charge in [-0.05, 0) is 42.5 Å². The number of thiocarbonyl (C=S) groups is 1. The summed E-state index contributed by atoms with van der Waals surface area (Å²) < 4.78 is -1.88. The third-order valence-corrected chi connectivity index (χ3v) is 4.51. The highest BCUT2D eigenvalue weighted by atomic mass is 35.6. The Morgan fingerprint density at radius 1 is 1.00 bits per heavy atom. The Kier molecular flexibility index (Phi) is 7.64. The number of carbonyl (C=O) groups excluding carboxylic acids is 1. The number of halogens is 5. The number of alkyl halides is 3. The van der Waals surface area contributed by atoms with Gasteiger partial charge in [-0.15, -0.1) is 0 Å². The van der Waals surface area contributed by atoms with Gasteiger partial charge in [0, 0.05) is 10.7 Å². The fourth-order valence-electron chi connectivity index (χ4n) is 1.90. The topological polar surface area (TPSA) is 53.2 Å². The SMILES string of the molecule is O=C(N[C@@H](NC(=S)Nc1ccccc1)C(Cl)(Cl)Cl)c1ccc(Cl)cc1Cl. The molecule has 2 rings (SSSR count). The quantitative estimate of drug-likeness (QED) is 0.317. The van der Waals surface area contributed by atoms with Gasteiger partial charge in [0.1, 0.15) is 6.17 Å². The van der Waals surface area contributed by atoms with Crippen molar-refractivity contribution in [3.05, 3.63) is 64.1 Å². The first-order valence-electron chi connectivity index (χ1n) is 7.12. The molecular formula is C16H12Cl5N3OS. The van der Waals surface area contributed by atoms with Gasteiger partial charge in [-0.3, -0.25) is 4.79 Å². The van der Waals surface area contributed by atoms with E-state index in [1.807, 2.05) is 30.3 Å². The van der Waals surface area contributed by atoms with Crippen molar-refractivity contribution in [1.82, 2.24) is 10.6 Å². The van der Waals surface area contributed by atoms with Gasteiger partial charge in [-0.25, -0.2) is 0 Å². The van der Waals surface area contributed by atoms with E-state index in [1.54, 1.807) is 0 Å². The number of hydrogen-bond donors (Lipinski definition) is 3.